The van der Waals surface area contributed by atoms with E-state index in [1.54, 1.807) is 12.4 Å². The summed E-state index contributed by atoms with van der Waals surface area (Å²) in [6.07, 6.45) is 3.45. The molecule has 0 unspecified atom stereocenters. The van der Waals surface area contributed by atoms with Crippen molar-refractivity contribution in [3.63, 3.8) is 0 Å². The molecule has 168 valence electrons. The SMILES string of the molecule is [C-]#[N+]C(C)(C)c1ccc(-c2nnc3cnc4ccc(-c5cnc(N)c(OCC)c5)cc4n23)cc1. The maximum Gasteiger partial charge on any atom is 0.252 e. The molecule has 0 saturated heterocycles. The maximum atomic E-state index is 7.45. The van der Waals surface area contributed by atoms with Crippen molar-refractivity contribution in [2.75, 3.05) is 12.3 Å². The van der Waals surface area contributed by atoms with E-state index in [4.69, 9.17) is 17.0 Å². The van der Waals surface area contributed by atoms with Crippen LogP contribution in [0.25, 0.3) is 44.0 Å². The molecule has 5 rings (SSSR count). The largest absolute Gasteiger partial charge is 0.490 e. The van der Waals surface area contributed by atoms with Crippen molar-refractivity contribution in [1.29, 1.82) is 0 Å². The molecule has 0 radical (unpaired) electrons. The van der Waals surface area contributed by atoms with Gasteiger partial charge in [-0.2, -0.15) is 0 Å². The third-order valence-electron chi connectivity index (χ3n) is 5.87. The Morgan fingerprint density at radius 3 is 2.47 bits per heavy atom. The zero-order valence-electron chi connectivity index (χ0n) is 19.1. The highest BCUT2D eigenvalue weighted by Crippen LogP contribution is 2.31. The molecule has 0 amide bonds. The Balaban J connectivity index is 1.66. The van der Waals surface area contributed by atoms with E-state index in [0.29, 0.717) is 29.6 Å². The summed E-state index contributed by atoms with van der Waals surface area (Å²) in [5.41, 5.74) is 11.4. The van der Waals surface area contributed by atoms with Crippen LogP contribution in [0.4, 0.5) is 5.82 Å². The Bertz CT molecular complexity index is 1560. The molecule has 0 fully saturated rings. The number of fused-ring (bicyclic) bond motifs is 3. The van der Waals surface area contributed by atoms with E-state index in [0.717, 1.165) is 33.3 Å². The fourth-order valence-electron chi connectivity index (χ4n) is 3.90. The van der Waals surface area contributed by atoms with Gasteiger partial charge in [-0.25, -0.2) is 11.6 Å². The highest BCUT2D eigenvalue weighted by molar-refractivity contribution is 5.85. The molecule has 0 aliphatic heterocycles. The standard InChI is InChI=1S/C26H23N7O/c1-5-34-22-13-18(14-30-24(22)27)17-8-11-20-21(12-17)33-23(15-29-20)31-32-25(33)16-6-9-19(10-7-16)26(2,3)28-4/h6-15H,5H2,1-3H3,(H2,27,30). The Hall–Kier alpha value is -4.51. The van der Waals surface area contributed by atoms with Crippen molar-refractivity contribution in [2.45, 2.75) is 26.3 Å². The molecule has 0 atom stereocenters. The van der Waals surface area contributed by atoms with Crippen molar-refractivity contribution in [3.8, 4) is 28.3 Å². The minimum atomic E-state index is -0.579. The van der Waals surface area contributed by atoms with Crippen molar-refractivity contribution in [1.82, 2.24) is 24.6 Å². The Kier molecular flexibility index (Phi) is 5.10. The number of nitrogens with two attached hydrogens (primary N) is 1. The van der Waals surface area contributed by atoms with Crippen LogP contribution in [0.15, 0.2) is 60.9 Å². The van der Waals surface area contributed by atoms with Gasteiger partial charge in [0.2, 0.25) is 0 Å². The molecule has 5 aromatic rings. The fraction of sp³-hybridized carbons (Fsp3) is 0.192. The molecule has 8 nitrogen and oxygen atoms in total. The molecular formula is C26H23N7O. The molecule has 2 aromatic carbocycles. The topological polar surface area (TPSA) is 95.6 Å². The molecule has 34 heavy (non-hydrogen) atoms. The monoisotopic (exact) mass is 449 g/mol. The molecule has 2 N–H and O–H groups in total. The highest BCUT2D eigenvalue weighted by atomic mass is 16.5. The second kappa shape index (κ2) is 8.12. The van der Waals surface area contributed by atoms with Crippen molar-refractivity contribution in [2.24, 2.45) is 0 Å². The molecule has 0 aliphatic carbocycles. The van der Waals surface area contributed by atoms with Crippen molar-refractivity contribution in [3.05, 3.63) is 77.9 Å². The van der Waals surface area contributed by atoms with Crippen LogP contribution in [-0.2, 0) is 5.54 Å². The van der Waals surface area contributed by atoms with Crippen molar-refractivity contribution < 1.29 is 4.74 Å². The lowest BCUT2D eigenvalue weighted by Crippen LogP contribution is -2.10. The van der Waals surface area contributed by atoms with Crippen LogP contribution in [-0.4, -0.2) is 31.2 Å². The van der Waals surface area contributed by atoms with Gasteiger partial charge in [-0.15, -0.1) is 10.2 Å². The summed E-state index contributed by atoms with van der Waals surface area (Å²) in [6.45, 7) is 13.7. The van der Waals surface area contributed by atoms with Crippen LogP contribution in [0.1, 0.15) is 26.3 Å². The van der Waals surface area contributed by atoms with Crippen LogP contribution in [0.5, 0.6) is 5.75 Å². The first kappa shape index (κ1) is 21.3. The summed E-state index contributed by atoms with van der Waals surface area (Å²) in [5.74, 6) is 1.63. The molecule has 3 heterocycles. The summed E-state index contributed by atoms with van der Waals surface area (Å²) >= 11 is 0. The number of benzene rings is 2. The van der Waals surface area contributed by atoms with Crippen LogP contribution in [0.3, 0.4) is 0 Å². The summed E-state index contributed by atoms with van der Waals surface area (Å²) in [6, 6.07) is 15.8. The van der Waals surface area contributed by atoms with Gasteiger partial charge in [0.05, 0.1) is 23.8 Å². The van der Waals surface area contributed by atoms with E-state index in [1.807, 2.05) is 73.7 Å². The van der Waals surface area contributed by atoms with E-state index in [2.05, 4.69) is 25.0 Å². The van der Waals surface area contributed by atoms with Gasteiger partial charge in [0.1, 0.15) is 0 Å². The fourth-order valence-corrected chi connectivity index (χ4v) is 3.90. The molecule has 0 spiro atoms. The van der Waals surface area contributed by atoms with Crippen molar-refractivity contribution >= 4 is 22.5 Å². The summed E-state index contributed by atoms with van der Waals surface area (Å²) in [7, 11) is 0. The second-order valence-electron chi connectivity index (χ2n) is 8.47. The molecule has 3 aromatic heterocycles. The number of anilines is 1. The number of hydrogen-bond acceptors (Lipinski definition) is 6. The third-order valence-corrected chi connectivity index (χ3v) is 5.87. The number of hydrogen-bond donors (Lipinski definition) is 1. The number of nitrogens with zero attached hydrogens (tertiary/aromatic N) is 6. The van der Waals surface area contributed by atoms with E-state index < -0.39 is 5.54 Å². The predicted octanol–water partition coefficient (Wildman–Crippen LogP) is 5.14. The van der Waals surface area contributed by atoms with E-state index >= 15 is 0 Å². The van der Waals surface area contributed by atoms with Crippen LogP contribution >= 0.6 is 0 Å². The average Bonchev–Trinajstić information content (AvgIpc) is 3.30. The Labute approximate surface area is 196 Å². The number of pyridine rings is 1. The van der Waals surface area contributed by atoms with Gasteiger partial charge in [-0.1, -0.05) is 30.3 Å². The lowest BCUT2D eigenvalue weighted by Gasteiger charge is -2.12. The summed E-state index contributed by atoms with van der Waals surface area (Å²) in [4.78, 5) is 12.6. The number of ether oxygens (including phenoxy) is 1. The highest BCUT2D eigenvalue weighted by Gasteiger charge is 2.25. The second-order valence-corrected chi connectivity index (χ2v) is 8.47. The van der Waals surface area contributed by atoms with Gasteiger partial charge in [-0.3, -0.25) is 9.38 Å². The zero-order valence-corrected chi connectivity index (χ0v) is 19.1. The third kappa shape index (κ3) is 3.57. The smallest absolute Gasteiger partial charge is 0.252 e. The van der Waals surface area contributed by atoms with E-state index in [-0.39, 0.29) is 0 Å². The number of aromatic nitrogens is 5. The normalized spacial score (nSPS) is 11.6. The van der Waals surface area contributed by atoms with Gasteiger partial charge >= 0.3 is 0 Å². The van der Waals surface area contributed by atoms with Gasteiger partial charge < -0.3 is 15.3 Å². The lowest BCUT2D eigenvalue weighted by atomic mass is 9.94. The van der Waals surface area contributed by atoms with Crippen LogP contribution < -0.4 is 10.5 Å². The van der Waals surface area contributed by atoms with E-state index in [9.17, 15) is 0 Å². The van der Waals surface area contributed by atoms with E-state index in [1.165, 1.54) is 0 Å². The van der Waals surface area contributed by atoms with Crippen LogP contribution in [0.2, 0.25) is 0 Å². The molecule has 0 aliphatic rings. The van der Waals surface area contributed by atoms with Gasteiger partial charge in [0.25, 0.3) is 5.54 Å². The molecule has 0 saturated carbocycles. The predicted molar refractivity (Wildman–Crippen MR) is 132 cm³/mol. The number of nitrogen functional groups attached to an aromatic ring is 1. The number of rotatable bonds is 5. The summed E-state index contributed by atoms with van der Waals surface area (Å²) < 4.78 is 7.61. The quantitative estimate of drug-likeness (QED) is 0.373. The zero-order chi connectivity index (χ0) is 23.9. The average molecular weight is 450 g/mol. The molecular weight excluding hydrogens is 426 g/mol. The van der Waals surface area contributed by atoms with Gasteiger partial charge in [-0.05, 0) is 30.7 Å². The lowest BCUT2D eigenvalue weighted by molar-refractivity contribution is 0.341. The molecule has 8 heteroatoms. The van der Waals surface area contributed by atoms with Crippen LogP contribution in [0, 0.1) is 6.57 Å². The Morgan fingerprint density at radius 2 is 1.74 bits per heavy atom. The first-order valence-electron chi connectivity index (χ1n) is 10.9. The molecule has 0 bridgehead atoms. The first-order chi connectivity index (χ1) is 16.4. The first-order valence-corrected chi connectivity index (χ1v) is 10.9. The minimum Gasteiger partial charge on any atom is -0.490 e. The summed E-state index contributed by atoms with van der Waals surface area (Å²) in [5, 5.41) is 8.78. The van der Waals surface area contributed by atoms with Gasteiger partial charge in [0.15, 0.2) is 23.0 Å². The van der Waals surface area contributed by atoms with Gasteiger partial charge in [0, 0.05) is 36.7 Å². The Morgan fingerprint density at radius 1 is 0.971 bits per heavy atom. The maximum absolute atomic E-state index is 7.45. The minimum absolute atomic E-state index is 0.362.